The molecule has 0 radical (unpaired) electrons. The molecule has 22 heavy (non-hydrogen) atoms. The van der Waals surface area contributed by atoms with Gasteiger partial charge in [0.1, 0.15) is 0 Å². The summed E-state index contributed by atoms with van der Waals surface area (Å²) >= 11 is 0. The molecule has 0 heterocycles. The number of nitrogens with one attached hydrogen (secondary N) is 1. The number of ether oxygens (including phenoxy) is 1. The van der Waals surface area contributed by atoms with Gasteiger partial charge in [-0.15, -0.1) is 0 Å². The molecule has 1 atom stereocenters. The molecule has 116 valence electrons. The summed E-state index contributed by atoms with van der Waals surface area (Å²) in [5, 5.41) is 12.9. The van der Waals surface area contributed by atoms with Crippen LogP contribution in [0, 0.1) is 0 Å². The second-order valence-corrected chi connectivity index (χ2v) is 5.08. The Kier molecular flexibility index (Phi) is 5.42. The summed E-state index contributed by atoms with van der Waals surface area (Å²) in [5.74, 6) is 0.113. The Morgan fingerprint density at radius 3 is 2.55 bits per heavy atom. The van der Waals surface area contributed by atoms with E-state index in [0.29, 0.717) is 12.3 Å². The zero-order valence-electron chi connectivity index (χ0n) is 12.9. The second-order valence-electron chi connectivity index (χ2n) is 5.08. The molecule has 0 bridgehead atoms. The van der Waals surface area contributed by atoms with E-state index in [0.717, 1.165) is 6.42 Å². The fourth-order valence-electron chi connectivity index (χ4n) is 2.40. The van der Waals surface area contributed by atoms with Crippen molar-refractivity contribution < 1.29 is 14.6 Å². The van der Waals surface area contributed by atoms with Gasteiger partial charge in [-0.2, -0.15) is 0 Å². The van der Waals surface area contributed by atoms with Gasteiger partial charge < -0.3 is 15.2 Å². The number of carbonyl (C=O) groups is 1. The number of benzene rings is 2. The molecule has 0 fully saturated rings. The highest BCUT2D eigenvalue weighted by atomic mass is 16.5. The Morgan fingerprint density at radius 1 is 1.18 bits per heavy atom. The number of para-hydroxylation sites is 1. The van der Waals surface area contributed by atoms with E-state index in [9.17, 15) is 9.90 Å². The van der Waals surface area contributed by atoms with Gasteiger partial charge in [0.15, 0.2) is 11.5 Å². The maximum absolute atomic E-state index is 12.3. The van der Waals surface area contributed by atoms with Crippen molar-refractivity contribution in [1.29, 1.82) is 0 Å². The third kappa shape index (κ3) is 3.58. The van der Waals surface area contributed by atoms with Crippen molar-refractivity contribution in [3.63, 3.8) is 0 Å². The minimum atomic E-state index is -0.300. The number of methoxy groups -OCH3 is 1. The number of aromatic hydroxyl groups is 1. The molecule has 2 N–H and O–H groups in total. The lowest BCUT2D eigenvalue weighted by Gasteiger charge is -2.16. The van der Waals surface area contributed by atoms with E-state index in [4.69, 9.17) is 4.74 Å². The molecule has 1 amide bonds. The topological polar surface area (TPSA) is 58.6 Å². The molecule has 4 nitrogen and oxygen atoms in total. The zero-order chi connectivity index (χ0) is 15.9. The molecule has 0 saturated heterocycles. The third-order valence-electron chi connectivity index (χ3n) is 3.74. The van der Waals surface area contributed by atoms with Gasteiger partial charge in [-0.25, -0.2) is 0 Å². The summed E-state index contributed by atoms with van der Waals surface area (Å²) in [6.07, 6.45) is 0.925. The number of phenolic OH excluding ortho intramolecular Hbond substituents is 1. The van der Waals surface area contributed by atoms with Gasteiger partial charge in [-0.05, 0) is 24.1 Å². The molecule has 2 aromatic rings. The smallest absolute Gasteiger partial charge is 0.255 e. The average molecular weight is 299 g/mol. The maximum Gasteiger partial charge on any atom is 0.255 e. The van der Waals surface area contributed by atoms with Crippen LogP contribution in [0.1, 0.15) is 35.2 Å². The fraction of sp³-hybridized carbons (Fsp3) is 0.278. The first-order valence-corrected chi connectivity index (χ1v) is 7.36. The quantitative estimate of drug-likeness (QED) is 0.860. The monoisotopic (exact) mass is 299 g/mol. The first kappa shape index (κ1) is 15.9. The van der Waals surface area contributed by atoms with E-state index in [1.807, 2.05) is 18.2 Å². The summed E-state index contributed by atoms with van der Waals surface area (Å²) < 4.78 is 5.02. The van der Waals surface area contributed by atoms with Crippen LogP contribution in [-0.2, 0) is 0 Å². The predicted molar refractivity (Wildman–Crippen MR) is 86.5 cm³/mol. The number of carbonyl (C=O) groups excluding carboxylic acids is 1. The van der Waals surface area contributed by atoms with Crippen LogP contribution in [0.2, 0.25) is 0 Å². The predicted octanol–water partition coefficient (Wildman–Crippen LogP) is 3.32. The van der Waals surface area contributed by atoms with Gasteiger partial charge in [-0.3, -0.25) is 4.79 Å². The number of rotatable bonds is 6. The Balaban J connectivity index is 2.06. The fourth-order valence-corrected chi connectivity index (χ4v) is 2.40. The molecular formula is C18H21NO3. The van der Waals surface area contributed by atoms with Crippen LogP contribution < -0.4 is 10.1 Å². The minimum absolute atomic E-state index is 0.129. The largest absolute Gasteiger partial charge is 0.504 e. The second kappa shape index (κ2) is 7.50. The lowest BCUT2D eigenvalue weighted by Crippen LogP contribution is -2.28. The van der Waals surface area contributed by atoms with Crippen LogP contribution in [0.4, 0.5) is 0 Å². The van der Waals surface area contributed by atoms with E-state index in [1.54, 1.807) is 18.2 Å². The van der Waals surface area contributed by atoms with Gasteiger partial charge in [0.2, 0.25) is 0 Å². The summed E-state index contributed by atoms with van der Waals surface area (Å²) in [5.41, 5.74) is 1.42. The highest BCUT2D eigenvalue weighted by molar-refractivity contribution is 5.97. The number of hydrogen-bond acceptors (Lipinski definition) is 3. The van der Waals surface area contributed by atoms with Crippen molar-refractivity contribution in [1.82, 2.24) is 5.32 Å². The molecule has 0 aliphatic heterocycles. The van der Waals surface area contributed by atoms with Gasteiger partial charge in [-0.1, -0.05) is 43.3 Å². The normalized spacial score (nSPS) is 11.7. The minimum Gasteiger partial charge on any atom is -0.504 e. The molecule has 4 heteroatoms. The van der Waals surface area contributed by atoms with Crippen LogP contribution in [0.25, 0.3) is 0 Å². The van der Waals surface area contributed by atoms with E-state index < -0.39 is 0 Å². The summed E-state index contributed by atoms with van der Waals surface area (Å²) in [6, 6.07) is 15.0. The Hall–Kier alpha value is -2.49. The molecule has 0 saturated carbocycles. The van der Waals surface area contributed by atoms with Crippen molar-refractivity contribution in [2.45, 2.75) is 19.3 Å². The summed E-state index contributed by atoms with van der Waals surface area (Å²) in [4.78, 5) is 12.3. The first-order valence-electron chi connectivity index (χ1n) is 7.36. The van der Waals surface area contributed by atoms with Crippen molar-refractivity contribution in [2.24, 2.45) is 0 Å². The first-order chi connectivity index (χ1) is 10.7. The van der Waals surface area contributed by atoms with Crippen molar-refractivity contribution in [3.05, 3.63) is 59.7 Å². The van der Waals surface area contributed by atoms with Crippen molar-refractivity contribution in [3.8, 4) is 11.5 Å². The van der Waals surface area contributed by atoms with Gasteiger partial charge in [0.05, 0.1) is 12.7 Å². The lowest BCUT2D eigenvalue weighted by atomic mass is 9.96. The van der Waals surface area contributed by atoms with Crippen LogP contribution in [0.5, 0.6) is 11.5 Å². The highest BCUT2D eigenvalue weighted by Crippen LogP contribution is 2.29. The van der Waals surface area contributed by atoms with Crippen LogP contribution in [0.15, 0.2) is 48.5 Å². The average Bonchev–Trinajstić information content (AvgIpc) is 2.56. The van der Waals surface area contributed by atoms with Gasteiger partial charge >= 0.3 is 0 Å². The van der Waals surface area contributed by atoms with Crippen LogP contribution in [-0.4, -0.2) is 24.7 Å². The third-order valence-corrected chi connectivity index (χ3v) is 3.74. The molecule has 2 rings (SSSR count). The van der Waals surface area contributed by atoms with Gasteiger partial charge in [0.25, 0.3) is 5.91 Å². The standard InChI is InChI=1S/C18H21NO3/c1-3-13(14-8-5-4-6-9-14)12-19-18(21)15-10-7-11-16(22-2)17(15)20/h4-11,13,20H,3,12H2,1-2H3,(H,19,21). The van der Waals surface area contributed by atoms with Crippen molar-refractivity contribution >= 4 is 5.91 Å². The molecule has 0 aromatic heterocycles. The SMILES string of the molecule is CCC(CNC(=O)c1cccc(OC)c1O)c1ccccc1. The summed E-state index contributed by atoms with van der Waals surface area (Å²) in [7, 11) is 1.46. The molecule has 0 spiro atoms. The number of hydrogen-bond donors (Lipinski definition) is 2. The molecule has 0 aliphatic carbocycles. The van der Waals surface area contributed by atoms with E-state index in [-0.39, 0.29) is 23.1 Å². The molecular weight excluding hydrogens is 278 g/mol. The van der Waals surface area contributed by atoms with E-state index in [1.165, 1.54) is 12.7 Å². The number of amides is 1. The molecule has 0 aliphatic rings. The van der Waals surface area contributed by atoms with E-state index >= 15 is 0 Å². The Bertz CT molecular complexity index is 625. The van der Waals surface area contributed by atoms with Crippen LogP contribution in [0.3, 0.4) is 0 Å². The zero-order valence-corrected chi connectivity index (χ0v) is 12.9. The highest BCUT2D eigenvalue weighted by Gasteiger charge is 2.16. The van der Waals surface area contributed by atoms with Crippen molar-refractivity contribution in [2.75, 3.05) is 13.7 Å². The van der Waals surface area contributed by atoms with Gasteiger partial charge in [0, 0.05) is 12.5 Å². The Morgan fingerprint density at radius 2 is 1.91 bits per heavy atom. The maximum atomic E-state index is 12.3. The van der Waals surface area contributed by atoms with E-state index in [2.05, 4.69) is 24.4 Å². The van der Waals surface area contributed by atoms with Crippen LogP contribution >= 0.6 is 0 Å². The molecule has 2 aromatic carbocycles. The Labute approximate surface area is 130 Å². The lowest BCUT2D eigenvalue weighted by molar-refractivity contribution is 0.0947. The number of phenols is 1. The molecule has 1 unspecified atom stereocenters. The summed E-state index contributed by atoms with van der Waals surface area (Å²) in [6.45, 7) is 2.61.